The minimum Gasteiger partial charge on any atom is -0.383 e. The highest BCUT2D eigenvalue weighted by atomic mass is 16.6. The second kappa shape index (κ2) is 5.40. The molecule has 4 aliphatic carbocycles. The van der Waals surface area contributed by atoms with E-state index in [1.54, 1.807) is 0 Å². The summed E-state index contributed by atoms with van der Waals surface area (Å²) in [7, 11) is 1.53. The third-order valence-electron chi connectivity index (χ3n) is 8.20. The van der Waals surface area contributed by atoms with Gasteiger partial charge in [0.15, 0.2) is 0 Å². The minimum atomic E-state index is -1.20. The van der Waals surface area contributed by atoms with E-state index in [2.05, 4.69) is 25.4 Å². The molecule has 0 aromatic heterocycles. The van der Waals surface area contributed by atoms with Gasteiger partial charge in [0.2, 0.25) is 0 Å². The summed E-state index contributed by atoms with van der Waals surface area (Å²) in [6.45, 7) is 4.27. The van der Waals surface area contributed by atoms with Crippen molar-refractivity contribution in [1.82, 2.24) is 5.48 Å². The molecule has 3 saturated carbocycles. The molecule has 0 aliphatic heterocycles. The second-order valence-electron chi connectivity index (χ2n) is 9.09. The molecule has 0 heterocycles. The molecule has 0 aromatic carbocycles. The molecule has 0 radical (unpaired) electrons. The number of hydroxylamine groups is 1. The molecule has 3 fully saturated rings. The van der Waals surface area contributed by atoms with Gasteiger partial charge in [-0.05, 0) is 43.4 Å². The van der Waals surface area contributed by atoms with Gasteiger partial charge in [0.05, 0.1) is 12.8 Å². The van der Waals surface area contributed by atoms with Gasteiger partial charge < -0.3 is 5.11 Å². The van der Waals surface area contributed by atoms with Crippen LogP contribution in [0.3, 0.4) is 0 Å². The van der Waals surface area contributed by atoms with Gasteiger partial charge in [0.25, 0.3) is 0 Å². The number of fused-ring (bicyclic) bond motifs is 5. The molecule has 138 valence electrons. The summed E-state index contributed by atoms with van der Waals surface area (Å²) < 4.78 is 0. The van der Waals surface area contributed by atoms with Gasteiger partial charge >= 0.3 is 0 Å². The zero-order valence-corrected chi connectivity index (χ0v) is 15.4. The second-order valence-corrected chi connectivity index (χ2v) is 9.09. The number of nitrogens with one attached hydrogen (secondary N) is 1. The molecular formula is C20H29NO4. The first-order chi connectivity index (χ1) is 11.8. The first-order valence-electron chi connectivity index (χ1n) is 9.55. The number of carbonyl (C=O) groups is 2. The van der Waals surface area contributed by atoms with Gasteiger partial charge in [0, 0.05) is 30.1 Å². The van der Waals surface area contributed by atoms with Crippen LogP contribution in [0.2, 0.25) is 0 Å². The van der Waals surface area contributed by atoms with Crippen molar-refractivity contribution >= 4 is 11.6 Å². The Balaban J connectivity index is 1.82. The number of rotatable bonds is 2. The van der Waals surface area contributed by atoms with E-state index in [4.69, 9.17) is 4.84 Å². The van der Waals surface area contributed by atoms with Crippen LogP contribution in [-0.4, -0.2) is 29.4 Å². The predicted molar refractivity (Wildman–Crippen MR) is 92.2 cm³/mol. The average molecular weight is 347 g/mol. The van der Waals surface area contributed by atoms with Gasteiger partial charge in [-0.25, -0.2) is 0 Å². The van der Waals surface area contributed by atoms with Crippen LogP contribution in [0.1, 0.15) is 58.8 Å². The topological polar surface area (TPSA) is 75.6 Å². The van der Waals surface area contributed by atoms with E-state index in [1.807, 2.05) is 0 Å². The Morgan fingerprint density at radius 1 is 1.16 bits per heavy atom. The van der Waals surface area contributed by atoms with Crippen LogP contribution in [0.15, 0.2) is 11.8 Å². The number of aliphatic hydroxyl groups is 1. The van der Waals surface area contributed by atoms with Crippen LogP contribution in [0.5, 0.6) is 0 Å². The maximum atomic E-state index is 12.5. The third-order valence-corrected chi connectivity index (χ3v) is 8.20. The van der Waals surface area contributed by atoms with Crippen molar-refractivity contribution in [2.45, 2.75) is 64.4 Å². The summed E-state index contributed by atoms with van der Waals surface area (Å²) >= 11 is 0. The summed E-state index contributed by atoms with van der Waals surface area (Å²) in [5.74, 6) is 1.39. The fraction of sp³-hybridized carbons (Fsp3) is 0.800. The van der Waals surface area contributed by atoms with Crippen molar-refractivity contribution in [1.29, 1.82) is 0 Å². The molecule has 0 unspecified atom stereocenters. The lowest BCUT2D eigenvalue weighted by atomic mass is 9.45. The SMILES string of the molecule is CONC1=C[C@H]2[C@@H]3CCC(=O)[C@@]3(C)CC[C@@H]2[C@@]2(C)CCC(=O)C[C@]12O. The zero-order chi connectivity index (χ0) is 18.0. The monoisotopic (exact) mass is 347 g/mol. The Bertz CT molecular complexity index is 658. The largest absolute Gasteiger partial charge is 0.383 e. The van der Waals surface area contributed by atoms with Crippen LogP contribution in [0.25, 0.3) is 0 Å². The Kier molecular flexibility index (Phi) is 3.72. The fourth-order valence-electron chi connectivity index (χ4n) is 6.58. The number of ketones is 2. The number of hydrogen-bond acceptors (Lipinski definition) is 5. The van der Waals surface area contributed by atoms with Gasteiger partial charge in [-0.15, -0.1) is 0 Å². The zero-order valence-electron chi connectivity index (χ0n) is 15.4. The lowest BCUT2D eigenvalue weighted by Crippen LogP contribution is -2.64. The molecule has 0 spiro atoms. The predicted octanol–water partition coefficient (Wildman–Crippen LogP) is 2.54. The van der Waals surface area contributed by atoms with Crippen molar-refractivity contribution in [3.05, 3.63) is 11.8 Å². The van der Waals surface area contributed by atoms with E-state index >= 15 is 0 Å². The first-order valence-corrected chi connectivity index (χ1v) is 9.55. The molecule has 5 nitrogen and oxygen atoms in total. The Morgan fingerprint density at radius 3 is 2.64 bits per heavy atom. The third kappa shape index (κ3) is 2.08. The van der Waals surface area contributed by atoms with Crippen molar-refractivity contribution < 1.29 is 19.5 Å². The van der Waals surface area contributed by atoms with Crippen molar-refractivity contribution in [2.75, 3.05) is 7.11 Å². The standard InChI is InChI=1S/C20H29NO4/c1-18-8-7-15-13(14(18)4-5-17(18)23)10-16(21-25-3)20(24)11-12(22)6-9-19(15,20)2/h10,13-15,21,24H,4-9,11H2,1-3H3/t13-,14-,15-,18-,19+,20-/m0/s1. The molecule has 5 heteroatoms. The molecule has 6 atom stereocenters. The van der Waals surface area contributed by atoms with E-state index in [0.29, 0.717) is 42.6 Å². The molecule has 0 saturated heterocycles. The van der Waals surface area contributed by atoms with Crippen molar-refractivity contribution in [2.24, 2.45) is 28.6 Å². The maximum Gasteiger partial charge on any atom is 0.139 e. The van der Waals surface area contributed by atoms with Crippen LogP contribution < -0.4 is 5.48 Å². The van der Waals surface area contributed by atoms with E-state index in [-0.39, 0.29) is 29.0 Å². The van der Waals surface area contributed by atoms with E-state index in [9.17, 15) is 14.7 Å². The molecular weight excluding hydrogens is 318 g/mol. The number of allylic oxidation sites excluding steroid dienone is 1. The molecule has 2 N–H and O–H groups in total. The number of Topliss-reactive ketones (excluding diaryl/α,β-unsaturated/α-hetero) is 2. The van der Waals surface area contributed by atoms with Gasteiger partial charge in [0.1, 0.15) is 17.2 Å². The van der Waals surface area contributed by atoms with E-state index in [0.717, 1.165) is 19.3 Å². The Hall–Kier alpha value is -1.20. The highest BCUT2D eigenvalue weighted by Crippen LogP contribution is 2.65. The molecule has 4 aliphatic rings. The Labute approximate surface area is 149 Å². The minimum absolute atomic E-state index is 0.110. The quantitative estimate of drug-likeness (QED) is 0.751. The van der Waals surface area contributed by atoms with Crippen LogP contribution in [-0.2, 0) is 14.4 Å². The summed E-state index contributed by atoms with van der Waals surface area (Å²) in [6.07, 6.45) is 6.91. The van der Waals surface area contributed by atoms with Gasteiger partial charge in [-0.1, -0.05) is 19.9 Å². The normalized spacial score (nSPS) is 49.1. The summed E-state index contributed by atoms with van der Waals surface area (Å²) in [5, 5.41) is 11.6. The van der Waals surface area contributed by atoms with Gasteiger partial charge in [-0.2, -0.15) is 0 Å². The van der Waals surface area contributed by atoms with Crippen LogP contribution >= 0.6 is 0 Å². The van der Waals surface area contributed by atoms with Crippen molar-refractivity contribution in [3.8, 4) is 0 Å². The van der Waals surface area contributed by atoms with Crippen LogP contribution in [0, 0.1) is 28.6 Å². The average Bonchev–Trinajstić information content (AvgIpc) is 2.86. The van der Waals surface area contributed by atoms with Crippen LogP contribution in [0.4, 0.5) is 0 Å². The fourth-order valence-corrected chi connectivity index (χ4v) is 6.58. The Morgan fingerprint density at radius 2 is 1.92 bits per heavy atom. The molecule has 0 bridgehead atoms. The van der Waals surface area contributed by atoms with Crippen molar-refractivity contribution in [3.63, 3.8) is 0 Å². The number of carbonyl (C=O) groups excluding carboxylic acids is 2. The lowest BCUT2D eigenvalue weighted by molar-refractivity contribution is -0.171. The summed E-state index contributed by atoms with van der Waals surface area (Å²) in [6, 6.07) is 0. The summed E-state index contributed by atoms with van der Waals surface area (Å²) in [5.41, 5.74) is 1.71. The van der Waals surface area contributed by atoms with E-state index in [1.165, 1.54) is 7.11 Å². The van der Waals surface area contributed by atoms with E-state index < -0.39 is 5.60 Å². The highest BCUT2D eigenvalue weighted by Gasteiger charge is 2.65. The molecule has 0 aromatic rings. The maximum absolute atomic E-state index is 12.5. The molecule has 4 rings (SSSR count). The highest BCUT2D eigenvalue weighted by molar-refractivity contribution is 5.87. The number of hydrogen-bond donors (Lipinski definition) is 2. The first kappa shape index (κ1) is 17.2. The smallest absolute Gasteiger partial charge is 0.139 e. The molecule has 25 heavy (non-hydrogen) atoms. The summed E-state index contributed by atoms with van der Waals surface area (Å²) in [4.78, 5) is 29.8. The molecule has 0 amide bonds. The lowest BCUT2D eigenvalue weighted by Gasteiger charge is -2.61. The van der Waals surface area contributed by atoms with Gasteiger partial charge in [-0.3, -0.25) is 19.9 Å².